The number of aromatic nitrogens is 2. The van der Waals surface area contributed by atoms with E-state index < -0.39 is 10.8 Å². The monoisotopic (exact) mass is 435 g/mol. The lowest BCUT2D eigenvalue weighted by molar-refractivity contribution is 0.230. The zero-order chi connectivity index (χ0) is 21.5. The predicted molar refractivity (Wildman–Crippen MR) is 124 cm³/mol. The van der Waals surface area contributed by atoms with E-state index in [4.69, 9.17) is 4.74 Å². The Labute approximate surface area is 186 Å². The molecular formula is C25H29N3O2S. The Kier molecular flexibility index (Phi) is 7.43. The van der Waals surface area contributed by atoms with Crippen LogP contribution in [0.5, 0.6) is 5.75 Å². The van der Waals surface area contributed by atoms with Crippen molar-refractivity contribution in [3.05, 3.63) is 72.3 Å². The topological polar surface area (TPSA) is 55.3 Å². The highest BCUT2D eigenvalue weighted by Gasteiger charge is 2.19. The molecule has 3 aromatic rings. The van der Waals surface area contributed by atoms with Crippen molar-refractivity contribution in [3.8, 4) is 17.0 Å². The fourth-order valence-electron chi connectivity index (χ4n) is 3.90. The molecule has 31 heavy (non-hydrogen) atoms. The van der Waals surface area contributed by atoms with Gasteiger partial charge in [-0.15, -0.1) is 10.2 Å². The lowest BCUT2D eigenvalue weighted by atomic mass is 10.1. The van der Waals surface area contributed by atoms with Crippen LogP contribution in [0, 0.1) is 0 Å². The molecule has 1 fully saturated rings. The van der Waals surface area contributed by atoms with Gasteiger partial charge in [0.15, 0.2) is 0 Å². The maximum absolute atomic E-state index is 12.5. The Morgan fingerprint density at radius 2 is 1.84 bits per heavy atom. The summed E-state index contributed by atoms with van der Waals surface area (Å²) in [4.78, 5) is 2.54. The second kappa shape index (κ2) is 10.6. The zero-order valence-electron chi connectivity index (χ0n) is 17.9. The van der Waals surface area contributed by atoms with Gasteiger partial charge in [0.2, 0.25) is 0 Å². The van der Waals surface area contributed by atoms with Crippen LogP contribution in [0.25, 0.3) is 11.3 Å². The van der Waals surface area contributed by atoms with Crippen LogP contribution in [0.4, 0.5) is 0 Å². The molecule has 0 aliphatic carbocycles. The largest absolute Gasteiger partial charge is 0.494 e. The Bertz CT molecular complexity index is 978. The summed E-state index contributed by atoms with van der Waals surface area (Å²) >= 11 is 0. The van der Waals surface area contributed by atoms with Crippen LogP contribution in [0.3, 0.4) is 0 Å². The minimum atomic E-state index is -1.21. The molecule has 1 aromatic heterocycles. The molecular weight excluding hydrogens is 406 g/mol. The van der Waals surface area contributed by atoms with Crippen molar-refractivity contribution < 1.29 is 8.95 Å². The van der Waals surface area contributed by atoms with Crippen LogP contribution in [0.2, 0.25) is 0 Å². The number of nitrogens with zero attached hydrogens (tertiary/aromatic N) is 3. The molecule has 2 aromatic carbocycles. The van der Waals surface area contributed by atoms with Crippen LogP contribution in [-0.4, -0.2) is 45.0 Å². The molecule has 2 heterocycles. The molecule has 0 saturated carbocycles. The predicted octanol–water partition coefficient (Wildman–Crippen LogP) is 4.70. The summed E-state index contributed by atoms with van der Waals surface area (Å²) in [5.41, 5.74) is 2.75. The van der Waals surface area contributed by atoms with Crippen LogP contribution in [-0.2, 0) is 16.6 Å². The van der Waals surface area contributed by atoms with E-state index in [2.05, 4.69) is 22.0 Å². The maximum Gasteiger partial charge on any atom is 0.150 e. The molecule has 0 radical (unpaired) electrons. The summed E-state index contributed by atoms with van der Waals surface area (Å²) in [6, 6.07) is 22.1. The number of benzene rings is 2. The van der Waals surface area contributed by atoms with Crippen LogP contribution < -0.4 is 4.74 Å². The Morgan fingerprint density at radius 1 is 1.03 bits per heavy atom. The van der Waals surface area contributed by atoms with E-state index >= 15 is 0 Å². The Morgan fingerprint density at radius 3 is 2.52 bits per heavy atom. The first-order valence-electron chi connectivity index (χ1n) is 10.9. The zero-order valence-corrected chi connectivity index (χ0v) is 18.8. The number of likely N-dealkylation sites (tertiary alicyclic amines) is 1. The molecule has 2 unspecified atom stereocenters. The van der Waals surface area contributed by atoms with Gasteiger partial charge in [0, 0.05) is 18.2 Å². The second-order valence-electron chi connectivity index (χ2n) is 7.99. The van der Waals surface area contributed by atoms with Crippen molar-refractivity contribution in [3.63, 3.8) is 0 Å². The van der Waals surface area contributed by atoms with Gasteiger partial charge < -0.3 is 9.64 Å². The van der Waals surface area contributed by atoms with Crippen LogP contribution >= 0.6 is 0 Å². The molecule has 162 valence electrons. The lowest BCUT2D eigenvalue weighted by Crippen LogP contribution is -2.28. The van der Waals surface area contributed by atoms with Crippen molar-refractivity contribution in [2.24, 2.45) is 0 Å². The standard InChI is InChI=1S/C25H29N3O2S/c1-20-7-5-16-28(20)17-6-18-30-23-12-10-22(11-13-23)24-14-15-25(27-26-24)31(29)19-21-8-3-2-4-9-21/h2-4,8-15,20H,5-7,16-19H2,1H3. The third-order valence-electron chi connectivity index (χ3n) is 5.71. The lowest BCUT2D eigenvalue weighted by Gasteiger charge is -2.20. The van der Waals surface area contributed by atoms with E-state index in [0.29, 0.717) is 16.8 Å². The number of rotatable bonds is 9. The van der Waals surface area contributed by atoms with Crippen LogP contribution in [0.15, 0.2) is 71.8 Å². The molecule has 0 N–H and O–H groups in total. The Balaban J connectivity index is 1.28. The average molecular weight is 436 g/mol. The van der Waals surface area contributed by atoms with Gasteiger partial charge in [-0.25, -0.2) is 0 Å². The quantitative estimate of drug-likeness (QED) is 0.456. The first kappa shape index (κ1) is 21.7. The van der Waals surface area contributed by atoms with Gasteiger partial charge in [-0.3, -0.25) is 4.21 Å². The molecule has 0 amide bonds. The van der Waals surface area contributed by atoms with E-state index in [1.54, 1.807) is 6.07 Å². The molecule has 4 rings (SSSR count). The van der Waals surface area contributed by atoms with Crippen molar-refractivity contribution in [1.82, 2.24) is 15.1 Å². The SMILES string of the molecule is CC1CCCN1CCCOc1ccc(-c2ccc(S(=O)Cc3ccccc3)nn2)cc1. The Hall–Kier alpha value is -2.57. The van der Waals surface area contributed by atoms with E-state index in [9.17, 15) is 4.21 Å². The van der Waals surface area contributed by atoms with Gasteiger partial charge in [-0.1, -0.05) is 30.3 Å². The van der Waals surface area contributed by atoms with Gasteiger partial charge >= 0.3 is 0 Å². The highest BCUT2D eigenvalue weighted by Crippen LogP contribution is 2.22. The highest BCUT2D eigenvalue weighted by atomic mass is 32.2. The minimum Gasteiger partial charge on any atom is -0.494 e. The van der Waals surface area contributed by atoms with Gasteiger partial charge in [-0.2, -0.15) is 0 Å². The summed E-state index contributed by atoms with van der Waals surface area (Å²) in [7, 11) is -1.21. The summed E-state index contributed by atoms with van der Waals surface area (Å²) < 4.78 is 18.4. The summed E-state index contributed by atoms with van der Waals surface area (Å²) in [6.45, 7) is 5.36. The van der Waals surface area contributed by atoms with Gasteiger partial charge in [0.05, 0.1) is 28.9 Å². The number of ether oxygens (including phenoxy) is 1. The van der Waals surface area contributed by atoms with Gasteiger partial charge in [0.1, 0.15) is 10.8 Å². The molecule has 1 aliphatic heterocycles. The van der Waals surface area contributed by atoms with Crippen LogP contribution in [0.1, 0.15) is 31.7 Å². The van der Waals surface area contributed by atoms with Crippen molar-refractivity contribution in [2.75, 3.05) is 19.7 Å². The molecule has 2 atom stereocenters. The number of hydrogen-bond acceptors (Lipinski definition) is 5. The summed E-state index contributed by atoms with van der Waals surface area (Å²) in [6.07, 6.45) is 3.67. The van der Waals surface area contributed by atoms with E-state index in [-0.39, 0.29) is 0 Å². The molecule has 0 bridgehead atoms. The van der Waals surface area contributed by atoms with Crippen molar-refractivity contribution in [2.45, 2.75) is 43.0 Å². The van der Waals surface area contributed by atoms with E-state index in [0.717, 1.165) is 42.1 Å². The summed E-state index contributed by atoms with van der Waals surface area (Å²) in [5.74, 6) is 1.31. The third-order valence-corrected chi connectivity index (χ3v) is 6.99. The average Bonchev–Trinajstić information content (AvgIpc) is 3.22. The fraction of sp³-hybridized carbons (Fsp3) is 0.360. The normalized spacial score (nSPS) is 17.5. The van der Waals surface area contributed by atoms with Crippen molar-refractivity contribution in [1.29, 1.82) is 0 Å². The first-order valence-corrected chi connectivity index (χ1v) is 12.2. The number of hydrogen-bond donors (Lipinski definition) is 0. The van der Waals surface area contributed by atoms with Gasteiger partial charge in [0.25, 0.3) is 0 Å². The van der Waals surface area contributed by atoms with E-state index in [1.165, 1.54) is 19.4 Å². The van der Waals surface area contributed by atoms with Gasteiger partial charge in [-0.05, 0) is 74.7 Å². The molecule has 5 nitrogen and oxygen atoms in total. The minimum absolute atomic E-state index is 0.442. The molecule has 0 spiro atoms. The third kappa shape index (κ3) is 5.99. The second-order valence-corrected chi connectivity index (χ2v) is 9.38. The summed E-state index contributed by atoms with van der Waals surface area (Å²) in [5, 5.41) is 8.97. The molecule has 1 aliphatic rings. The molecule has 6 heteroatoms. The molecule has 1 saturated heterocycles. The maximum atomic E-state index is 12.5. The van der Waals surface area contributed by atoms with E-state index in [1.807, 2.05) is 60.7 Å². The smallest absolute Gasteiger partial charge is 0.150 e. The fourth-order valence-corrected chi connectivity index (χ4v) is 4.89. The first-order chi connectivity index (χ1) is 15.2. The highest BCUT2D eigenvalue weighted by molar-refractivity contribution is 7.84. The van der Waals surface area contributed by atoms with Crippen molar-refractivity contribution >= 4 is 10.8 Å².